The van der Waals surface area contributed by atoms with Crippen LogP contribution in [0.2, 0.25) is 0 Å². The van der Waals surface area contributed by atoms with Gasteiger partial charge in [0.05, 0.1) is 0 Å². The van der Waals surface area contributed by atoms with E-state index < -0.39 is 18.2 Å². The van der Waals surface area contributed by atoms with E-state index >= 15 is 0 Å². The van der Waals surface area contributed by atoms with Crippen LogP contribution in [0.15, 0.2) is 0 Å². The lowest BCUT2D eigenvalue weighted by Gasteiger charge is -2.23. The molecule has 0 heterocycles. The number of carbonyl (C=O) groups excluding carboxylic acids is 1. The largest absolute Gasteiger partial charge is 0.459 e. The first-order valence-electron chi connectivity index (χ1n) is 7.96. The van der Waals surface area contributed by atoms with Crippen LogP contribution in [0, 0.1) is 0 Å². The van der Waals surface area contributed by atoms with Crippen LogP contribution in [0.4, 0.5) is 13.2 Å². The predicted molar refractivity (Wildman–Crippen MR) is 86.1 cm³/mol. The third-order valence-corrected chi connectivity index (χ3v) is 4.27. The highest BCUT2D eigenvalue weighted by Gasteiger charge is 2.27. The first-order chi connectivity index (χ1) is 10.0. The number of esters is 1. The average molecular weight is 342 g/mol. The molecule has 0 fully saturated rings. The van der Waals surface area contributed by atoms with Crippen LogP contribution in [0.5, 0.6) is 0 Å². The van der Waals surface area contributed by atoms with Gasteiger partial charge < -0.3 is 4.74 Å². The summed E-state index contributed by atoms with van der Waals surface area (Å²) in [6, 6.07) is 0. The molecule has 6 heteroatoms. The minimum absolute atomic E-state index is 0.118. The monoisotopic (exact) mass is 342 g/mol. The molecule has 0 aromatic heterocycles. The molecular formula is C16H29F3O2S. The molecule has 0 N–H and O–H groups in total. The molecular weight excluding hydrogens is 313 g/mol. The van der Waals surface area contributed by atoms with Crippen molar-refractivity contribution in [2.75, 3.05) is 5.75 Å². The predicted octanol–water partition coefficient (Wildman–Crippen LogP) is 5.74. The van der Waals surface area contributed by atoms with Crippen LogP contribution in [-0.4, -0.2) is 28.7 Å². The fourth-order valence-corrected chi connectivity index (χ4v) is 3.04. The summed E-state index contributed by atoms with van der Waals surface area (Å²) in [6.45, 7) is 7.55. The van der Waals surface area contributed by atoms with Crippen LogP contribution in [-0.2, 0) is 9.53 Å². The summed E-state index contributed by atoms with van der Waals surface area (Å²) < 4.78 is 41.6. The Morgan fingerprint density at radius 2 is 1.73 bits per heavy atom. The highest BCUT2D eigenvalue weighted by molar-refractivity contribution is 8.00. The van der Waals surface area contributed by atoms with Crippen LogP contribution >= 0.6 is 11.8 Å². The Labute approximate surface area is 136 Å². The van der Waals surface area contributed by atoms with Crippen molar-refractivity contribution in [3.63, 3.8) is 0 Å². The van der Waals surface area contributed by atoms with Gasteiger partial charge in [-0.1, -0.05) is 26.2 Å². The number of ether oxygens (including phenoxy) is 1. The number of hydrogen-bond acceptors (Lipinski definition) is 3. The summed E-state index contributed by atoms with van der Waals surface area (Å²) in [5.41, 5.74) is -0.531. The first kappa shape index (κ1) is 21.6. The van der Waals surface area contributed by atoms with E-state index in [1.165, 1.54) is 11.8 Å². The van der Waals surface area contributed by atoms with E-state index in [4.69, 9.17) is 4.74 Å². The van der Waals surface area contributed by atoms with Crippen LogP contribution in [0.3, 0.4) is 0 Å². The SMILES string of the molecule is CCCCCC(SCCCCC(F)(F)F)C(=O)OC(C)(C)C. The second-order valence-corrected chi connectivity index (χ2v) is 7.77. The topological polar surface area (TPSA) is 26.3 Å². The molecule has 0 spiro atoms. The molecule has 0 bridgehead atoms. The van der Waals surface area contributed by atoms with Gasteiger partial charge >= 0.3 is 12.1 Å². The number of thioether (sulfide) groups is 1. The number of hydrogen-bond donors (Lipinski definition) is 0. The molecule has 1 atom stereocenters. The lowest BCUT2D eigenvalue weighted by molar-refractivity contribution is -0.154. The summed E-state index contributed by atoms with van der Waals surface area (Å²) in [6.07, 6.45) is -0.464. The summed E-state index contributed by atoms with van der Waals surface area (Å²) in [4.78, 5) is 12.2. The molecule has 0 radical (unpaired) electrons. The molecule has 0 aliphatic carbocycles. The Kier molecular flexibility index (Phi) is 10.2. The van der Waals surface area contributed by atoms with Crippen LogP contribution in [0.1, 0.15) is 72.6 Å². The summed E-state index contributed by atoms with van der Waals surface area (Å²) in [5.74, 6) is 0.316. The number of alkyl halides is 3. The van der Waals surface area contributed by atoms with Crippen molar-refractivity contribution >= 4 is 17.7 Å². The van der Waals surface area contributed by atoms with Gasteiger partial charge in [-0.25, -0.2) is 0 Å². The lowest BCUT2D eigenvalue weighted by Crippen LogP contribution is -2.30. The number of halogens is 3. The molecule has 0 aromatic rings. The molecule has 0 saturated carbocycles. The molecule has 0 rings (SSSR count). The number of rotatable bonds is 10. The molecule has 2 nitrogen and oxygen atoms in total. The van der Waals surface area contributed by atoms with Gasteiger partial charge in [-0.05, 0) is 45.8 Å². The maximum absolute atomic E-state index is 12.2. The van der Waals surface area contributed by atoms with Gasteiger partial charge in [0.1, 0.15) is 10.9 Å². The molecule has 0 aliphatic heterocycles. The Morgan fingerprint density at radius 3 is 2.23 bits per heavy atom. The molecule has 0 amide bonds. The molecule has 1 unspecified atom stereocenters. The highest BCUT2D eigenvalue weighted by Crippen LogP contribution is 2.26. The molecule has 0 saturated heterocycles. The van der Waals surface area contributed by atoms with Gasteiger partial charge in [0, 0.05) is 6.42 Å². The van der Waals surface area contributed by atoms with E-state index in [2.05, 4.69) is 6.92 Å². The highest BCUT2D eigenvalue weighted by atomic mass is 32.2. The fourth-order valence-electron chi connectivity index (χ4n) is 1.87. The maximum Gasteiger partial charge on any atom is 0.389 e. The fraction of sp³-hybridized carbons (Fsp3) is 0.938. The van der Waals surface area contributed by atoms with E-state index in [9.17, 15) is 18.0 Å². The van der Waals surface area contributed by atoms with Crippen molar-refractivity contribution < 1.29 is 22.7 Å². The zero-order valence-electron chi connectivity index (χ0n) is 14.1. The standard InChI is InChI=1S/C16H29F3O2S/c1-5-6-7-10-13(14(20)21-15(2,3)4)22-12-9-8-11-16(17,18)19/h13H,5-12H2,1-4H3. The molecule has 0 aromatic carbocycles. The molecule has 0 aliphatic rings. The van der Waals surface area contributed by atoms with E-state index in [0.717, 1.165) is 25.7 Å². The Bertz CT molecular complexity index is 311. The quantitative estimate of drug-likeness (QED) is 0.374. The van der Waals surface area contributed by atoms with Gasteiger partial charge in [0.15, 0.2) is 0 Å². The molecule has 132 valence electrons. The Hall–Kier alpha value is -0.390. The number of unbranched alkanes of at least 4 members (excludes halogenated alkanes) is 3. The lowest BCUT2D eigenvalue weighted by atomic mass is 10.1. The minimum atomic E-state index is -4.09. The van der Waals surface area contributed by atoms with Crippen molar-refractivity contribution in [1.82, 2.24) is 0 Å². The van der Waals surface area contributed by atoms with Crippen molar-refractivity contribution in [3.8, 4) is 0 Å². The van der Waals surface area contributed by atoms with Crippen LogP contribution in [0.25, 0.3) is 0 Å². The van der Waals surface area contributed by atoms with Crippen molar-refractivity contribution in [2.45, 2.75) is 89.7 Å². The van der Waals surface area contributed by atoms with E-state index in [-0.39, 0.29) is 17.6 Å². The smallest absolute Gasteiger partial charge is 0.389 e. The summed E-state index contributed by atoms with van der Waals surface area (Å²) in [7, 11) is 0. The number of carbonyl (C=O) groups is 1. The summed E-state index contributed by atoms with van der Waals surface area (Å²) >= 11 is 1.43. The van der Waals surface area contributed by atoms with Gasteiger partial charge in [0.2, 0.25) is 0 Å². The van der Waals surface area contributed by atoms with Crippen molar-refractivity contribution in [3.05, 3.63) is 0 Å². The third-order valence-electron chi connectivity index (χ3n) is 2.91. The van der Waals surface area contributed by atoms with Gasteiger partial charge in [0.25, 0.3) is 0 Å². The minimum Gasteiger partial charge on any atom is -0.459 e. The van der Waals surface area contributed by atoms with E-state index in [0.29, 0.717) is 12.2 Å². The van der Waals surface area contributed by atoms with Gasteiger partial charge in [-0.3, -0.25) is 4.79 Å². The Balaban J connectivity index is 4.20. The Morgan fingerprint density at radius 1 is 1.09 bits per heavy atom. The first-order valence-corrected chi connectivity index (χ1v) is 9.01. The maximum atomic E-state index is 12.2. The normalized spacial score (nSPS) is 14.0. The zero-order valence-corrected chi connectivity index (χ0v) is 14.9. The summed E-state index contributed by atoms with van der Waals surface area (Å²) in [5, 5.41) is -0.267. The second-order valence-electron chi connectivity index (χ2n) is 6.46. The van der Waals surface area contributed by atoms with Crippen molar-refractivity contribution in [1.29, 1.82) is 0 Å². The van der Waals surface area contributed by atoms with Gasteiger partial charge in [-0.2, -0.15) is 13.2 Å². The van der Waals surface area contributed by atoms with E-state index in [1.807, 2.05) is 20.8 Å². The van der Waals surface area contributed by atoms with Crippen LogP contribution < -0.4 is 0 Å². The second kappa shape index (κ2) is 10.4. The molecule has 22 heavy (non-hydrogen) atoms. The van der Waals surface area contributed by atoms with Crippen molar-refractivity contribution in [2.24, 2.45) is 0 Å². The zero-order chi connectivity index (χ0) is 17.2. The average Bonchev–Trinajstić information content (AvgIpc) is 2.32. The van der Waals surface area contributed by atoms with Gasteiger partial charge in [-0.15, -0.1) is 11.8 Å². The van der Waals surface area contributed by atoms with E-state index in [1.54, 1.807) is 0 Å². The third kappa shape index (κ3) is 13.3.